The first-order valence-electron chi connectivity index (χ1n) is 9.49. The fourth-order valence-electron chi connectivity index (χ4n) is 3.21. The molecular weight excluding hydrogens is 360 g/mol. The first kappa shape index (κ1) is 19.8. The highest BCUT2D eigenvalue weighted by molar-refractivity contribution is 7.89. The second kappa shape index (κ2) is 9.30. The van der Waals surface area contributed by atoms with Crippen LogP contribution in [0.3, 0.4) is 0 Å². The largest absolute Gasteiger partial charge is 0.354 e. The third-order valence-electron chi connectivity index (χ3n) is 4.87. The highest BCUT2D eigenvalue weighted by Gasteiger charge is 2.17. The molecule has 146 valence electrons. The van der Waals surface area contributed by atoms with Gasteiger partial charge in [-0.25, -0.2) is 18.1 Å². The van der Waals surface area contributed by atoms with Gasteiger partial charge in [-0.1, -0.05) is 23.8 Å². The summed E-state index contributed by atoms with van der Waals surface area (Å²) in [5.41, 5.74) is 1.05. The molecule has 1 aliphatic rings. The number of nitrogens with one attached hydrogen (secondary N) is 1. The van der Waals surface area contributed by atoms with Gasteiger partial charge in [0, 0.05) is 38.9 Å². The van der Waals surface area contributed by atoms with Gasteiger partial charge >= 0.3 is 0 Å². The smallest absolute Gasteiger partial charge is 0.240 e. The van der Waals surface area contributed by atoms with Gasteiger partial charge in [-0.15, -0.1) is 0 Å². The first-order valence-corrected chi connectivity index (χ1v) is 11.0. The molecule has 1 aromatic heterocycles. The molecule has 2 heterocycles. The number of unbranched alkanes of at least 4 members (excludes halogenated alkanes) is 1. The van der Waals surface area contributed by atoms with E-state index in [0.717, 1.165) is 56.9 Å². The molecule has 0 radical (unpaired) electrons. The van der Waals surface area contributed by atoms with Crippen LogP contribution in [0.1, 0.15) is 18.4 Å². The van der Waals surface area contributed by atoms with Crippen LogP contribution in [0.4, 0.5) is 5.82 Å². The van der Waals surface area contributed by atoms with Gasteiger partial charge in [-0.05, 0) is 50.6 Å². The van der Waals surface area contributed by atoms with Crippen LogP contribution in [0.25, 0.3) is 0 Å². The zero-order valence-corrected chi connectivity index (χ0v) is 16.7. The van der Waals surface area contributed by atoms with Gasteiger partial charge in [0.2, 0.25) is 10.0 Å². The average molecular weight is 389 g/mol. The first-order chi connectivity index (χ1) is 13.0. The van der Waals surface area contributed by atoms with E-state index in [-0.39, 0.29) is 0 Å². The summed E-state index contributed by atoms with van der Waals surface area (Å²) >= 11 is 0. The summed E-state index contributed by atoms with van der Waals surface area (Å²) in [5.74, 6) is 1.04. The number of aromatic nitrogens is 1. The molecule has 1 saturated heterocycles. The number of benzene rings is 1. The Kier molecular flexibility index (Phi) is 6.82. The Labute approximate surface area is 162 Å². The third kappa shape index (κ3) is 5.76. The van der Waals surface area contributed by atoms with Crippen molar-refractivity contribution in [2.24, 2.45) is 0 Å². The number of anilines is 1. The van der Waals surface area contributed by atoms with Crippen molar-refractivity contribution in [3.63, 3.8) is 0 Å². The minimum absolute atomic E-state index is 0.332. The summed E-state index contributed by atoms with van der Waals surface area (Å²) in [6.07, 6.45) is 3.66. The molecule has 3 rings (SSSR count). The number of aryl methyl sites for hydroxylation is 1. The van der Waals surface area contributed by atoms with Crippen molar-refractivity contribution in [3.8, 4) is 0 Å². The van der Waals surface area contributed by atoms with Gasteiger partial charge in [0.25, 0.3) is 0 Å². The summed E-state index contributed by atoms with van der Waals surface area (Å²) < 4.78 is 27.2. The Morgan fingerprint density at radius 1 is 1.00 bits per heavy atom. The van der Waals surface area contributed by atoms with Gasteiger partial charge in [-0.3, -0.25) is 4.90 Å². The van der Waals surface area contributed by atoms with E-state index < -0.39 is 10.0 Å². The second-order valence-corrected chi connectivity index (χ2v) is 8.70. The van der Waals surface area contributed by atoms with Crippen molar-refractivity contribution >= 4 is 15.8 Å². The van der Waals surface area contributed by atoms with Gasteiger partial charge in [0.15, 0.2) is 0 Å². The van der Waals surface area contributed by atoms with Crippen LogP contribution in [-0.2, 0) is 10.0 Å². The number of hydrogen-bond donors (Lipinski definition) is 1. The summed E-state index contributed by atoms with van der Waals surface area (Å²) in [5, 5.41) is 0. The molecule has 1 aromatic carbocycles. The van der Waals surface area contributed by atoms with Gasteiger partial charge < -0.3 is 4.90 Å². The quantitative estimate of drug-likeness (QED) is 0.703. The molecule has 2 aromatic rings. The lowest BCUT2D eigenvalue weighted by atomic mass is 10.2. The number of pyridine rings is 1. The van der Waals surface area contributed by atoms with Gasteiger partial charge in [-0.2, -0.15) is 0 Å². The van der Waals surface area contributed by atoms with Crippen molar-refractivity contribution in [1.29, 1.82) is 0 Å². The van der Waals surface area contributed by atoms with Crippen molar-refractivity contribution < 1.29 is 8.42 Å². The van der Waals surface area contributed by atoms with E-state index in [0.29, 0.717) is 11.4 Å². The summed E-state index contributed by atoms with van der Waals surface area (Å²) in [6, 6.07) is 12.9. The molecule has 0 amide bonds. The van der Waals surface area contributed by atoms with E-state index in [1.165, 1.54) is 0 Å². The lowest BCUT2D eigenvalue weighted by molar-refractivity contribution is 0.252. The molecular formula is C20H28N4O2S. The van der Waals surface area contributed by atoms with Crippen LogP contribution >= 0.6 is 0 Å². The minimum Gasteiger partial charge on any atom is -0.354 e. The maximum absolute atomic E-state index is 12.2. The van der Waals surface area contributed by atoms with E-state index in [1.54, 1.807) is 12.1 Å². The van der Waals surface area contributed by atoms with Crippen LogP contribution in [0.5, 0.6) is 0 Å². The molecule has 1 fully saturated rings. The van der Waals surface area contributed by atoms with Gasteiger partial charge in [0.05, 0.1) is 4.90 Å². The fourth-order valence-corrected chi connectivity index (χ4v) is 4.28. The SMILES string of the molecule is Cc1ccc(S(=O)(=O)NCCCCN2CCN(c3ccccn3)CC2)cc1. The Morgan fingerprint density at radius 2 is 1.74 bits per heavy atom. The molecule has 6 nitrogen and oxygen atoms in total. The Morgan fingerprint density at radius 3 is 2.41 bits per heavy atom. The highest BCUT2D eigenvalue weighted by Crippen LogP contribution is 2.13. The molecule has 0 saturated carbocycles. The topological polar surface area (TPSA) is 65.5 Å². The zero-order chi connectivity index (χ0) is 19.1. The van der Waals surface area contributed by atoms with Crippen molar-refractivity contribution in [2.75, 3.05) is 44.2 Å². The standard InChI is InChI=1S/C20H28N4O2S/c1-18-7-9-19(10-8-18)27(25,26)22-12-4-5-13-23-14-16-24(17-15-23)20-6-2-3-11-21-20/h2-3,6-11,22H,4-5,12-17H2,1H3. The predicted octanol–water partition coefficient (Wildman–Crippen LogP) is 2.27. The molecule has 0 aliphatic carbocycles. The third-order valence-corrected chi connectivity index (χ3v) is 6.35. The van der Waals surface area contributed by atoms with Crippen LogP contribution in [-0.4, -0.2) is 57.6 Å². The van der Waals surface area contributed by atoms with Crippen molar-refractivity contribution in [3.05, 3.63) is 54.2 Å². The molecule has 0 spiro atoms. The molecule has 1 N–H and O–H groups in total. The molecule has 0 bridgehead atoms. The highest BCUT2D eigenvalue weighted by atomic mass is 32.2. The van der Waals surface area contributed by atoms with E-state index in [1.807, 2.05) is 37.4 Å². The average Bonchev–Trinajstić information content (AvgIpc) is 2.69. The Hall–Kier alpha value is -1.96. The zero-order valence-electron chi connectivity index (χ0n) is 15.8. The number of sulfonamides is 1. The maximum atomic E-state index is 12.2. The number of nitrogens with zero attached hydrogens (tertiary/aromatic N) is 3. The molecule has 0 unspecified atom stereocenters. The molecule has 27 heavy (non-hydrogen) atoms. The number of rotatable bonds is 8. The van der Waals surface area contributed by atoms with Crippen molar-refractivity contribution in [1.82, 2.24) is 14.6 Å². The fraction of sp³-hybridized carbons (Fsp3) is 0.450. The Bertz CT molecular complexity index is 802. The second-order valence-electron chi connectivity index (χ2n) is 6.93. The lowest BCUT2D eigenvalue weighted by Gasteiger charge is -2.35. The van der Waals surface area contributed by atoms with E-state index in [9.17, 15) is 8.42 Å². The van der Waals surface area contributed by atoms with Crippen LogP contribution < -0.4 is 9.62 Å². The number of piperazine rings is 1. The summed E-state index contributed by atoms with van der Waals surface area (Å²) in [6.45, 7) is 7.43. The molecule has 7 heteroatoms. The maximum Gasteiger partial charge on any atom is 0.240 e. The predicted molar refractivity (Wildman–Crippen MR) is 108 cm³/mol. The summed E-state index contributed by atoms with van der Waals surface area (Å²) in [7, 11) is -3.40. The van der Waals surface area contributed by atoms with Crippen molar-refractivity contribution in [2.45, 2.75) is 24.7 Å². The van der Waals surface area contributed by atoms with Gasteiger partial charge in [0.1, 0.15) is 5.82 Å². The molecule has 0 atom stereocenters. The van der Waals surface area contributed by atoms with E-state index in [2.05, 4.69) is 25.6 Å². The summed E-state index contributed by atoms with van der Waals surface area (Å²) in [4.78, 5) is 9.49. The number of hydrogen-bond acceptors (Lipinski definition) is 5. The minimum atomic E-state index is -3.40. The monoisotopic (exact) mass is 388 g/mol. The van der Waals surface area contributed by atoms with E-state index >= 15 is 0 Å². The van der Waals surface area contributed by atoms with E-state index in [4.69, 9.17) is 0 Å². The molecule has 1 aliphatic heterocycles. The Balaban J connectivity index is 1.33. The normalized spacial score (nSPS) is 15.8. The van der Waals surface area contributed by atoms with Crippen LogP contribution in [0.2, 0.25) is 0 Å². The van der Waals surface area contributed by atoms with Crippen LogP contribution in [0, 0.1) is 6.92 Å². The van der Waals surface area contributed by atoms with Crippen LogP contribution in [0.15, 0.2) is 53.6 Å². The lowest BCUT2D eigenvalue weighted by Crippen LogP contribution is -2.47.